The molecule has 0 N–H and O–H groups in total. The minimum absolute atomic E-state index is 0. The molecule has 0 radical (unpaired) electrons. The van der Waals surface area contributed by atoms with Gasteiger partial charge >= 0.3 is 15.5 Å². The van der Waals surface area contributed by atoms with Gasteiger partial charge in [-0.2, -0.15) is 25.3 Å². The van der Waals surface area contributed by atoms with Gasteiger partial charge in [0, 0.05) is 9.15 Å². The minimum Gasteiger partial charge on any atom is -0.754 e. The van der Waals surface area contributed by atoms with E-state index >= 15 is 0 Å². The predicted molar refractivity (Wildman–Crippen MR) is 57.5 cm³/mol. The van der Waals surface area contributed by atoms with Crippen molar-refractivity contribution in [2.75, 3.05) is 3.71 Å². The molecule has 0 spiro atoms. The lowest BCUT2D eigenvalue weighted by Gasteiger charge is -2.26. The molecule has 5 nitrogen and oxygen atoms in total. The summed E-state index contributed by atoms with van der Waals surface area (Å²) in [5.41, 5.74) is -6.30. The van der Waals surface area contributed by atoms with Gasteiger partial charge in [0.1, 0.15) is 0 Å². The summed E-state index contributed by atoms with van der Waals surface area (Å²) in [5.74, 6) is 0. The highest BCUT2D eigenvalue weighted by Crippen LogP contribution is 2.31. The average Bonchev–Trinajstić information content (AvgIpc) is 2.30. The Morgan fingerprint density at radius 2 is 1.50 bits per heavy atom. The largest absolute Gasteiger partial charge is 0.754 e. The van der Waals surface area contributed by atoms with Gasteiger partial charge in [0.15, 0.2) is 0 Å². The van der Waals surface area contributed by atoms with Crippen LogP contribution in [0.1, 0.15) is 0 Å². The first-order valence-corrected chi connectivity index (χ1v) is 6.55. The zero-order valence-electron chi connectivity index (χ0n) is 9.08. The fourth-order valence-electron chi connectivity index (χ4n) is 0.949. The highest BCUT2D eigenvalue weighted by atomic mass is 32.3. The lowest BCUT2D eigenvalue weighted by molar-refractivity contribution is -0.0434. The van der Waals surface area contributed by atoms with Crippen molar-refractivity contribution in [3.8, 4) is 0 Å². The van der Waals surface area contributed by atoms with Crippen LogP contribution in [0.5, 0.6) is 0 Å². The third-order valence-corrected chi connectivity index (χ3v) is 4.28. The monoisotopic (exact) mass is 346 g/mol. The Morgan fingerprint density at radius 3 is 1.80 bits per heavy atom. The van der Waals surface area contributed by atoms with Gasteiger partial charge < -0.3 is 4.55 Å². The van der Waals surface area contributed by atoms with Crippen molar-refractivity contribution < 1.29 is 44.2 Å². The summed E-state index contributed by atoms with van der Waals surface area (Å²) < 4.78 is 95.2. The van der Waals surface area contributed by atoms with Gasteiger partial charge in [-0.05, 0) is 12.1 Å². The zero-order valence-corrected chi connectivity index (χ0v) is 10.7. The normalized spacial score (nSPS) is 12.5. The Hall–Kier alpha value is -1.34. The van der Waals surface area contributed by atoms with E-state index in [4.69, 9.17) is 9.15 Å². The molecule has 0 heterocycles. The van der Waals surface area contributed by atoms with Crippen molar-refractivity contribution in [1.29, 1.82) is 0 Å². The van der Waals surface area contributed by atoms with Gasteiger partial charge in [-0.25, -0.2) is 0 Å². The lowest BCUT2D eigenvalue weighted by Crippen LogP contribution is -2.41. The summed E-state index contributed by atoms with van der Waals surface area (Å²) in [6.07, 6.45) is 0. The molecule has 0 fully saturated rings. The maximum atomic E-state index is 12.2. The maximum absolute atomic E-state index is 12.2. The molecule has 0 aliphatic rings. The van der Waals surface area contributed by atoms with E-state index < -0.39 is 36.2 Å². The summed E-state index contributed by atoms with van der Waals surface area (Å²) in [4.78, 5) is 0. The molecule has 0 amide bonds. The standard InChI is InChI=1S/C7H6F3NO4S2.F2.FH/c8-7(9,10)17(14,15)11(16(12)13)6-4-2-1-3-5-6;1-2;/h1-5H,(H,12,13);;1H/p-1. The van der Waals surface area contributed by atoms with E-state index in [1.165, 1.54) is 18.2 Å². The van der Waals surface area contributed by atoms with Gasteiger partial charge in [0.2, 0.25) is 0 Å². The maximum Gasteiger partial charge on any atom is 0.517 e. The van der Waals surface area contributed by atoms with E-state index in [9.17, 15) is 30.4 Å². The number of anilines is 1. The number of hydrogen-bond acceptors (Lipinski definition) is 4. The smallest absolute Gasteiger partial charge is 0.517 e. The molecular formula is C7H6F6NO4S2-. The quantitative estimate of drug-likeness (QED) is 0.620. The van der Waals surface area contributed by atoms with Crippen molar-refractivity contribution in [1.82, 2.24) is 0 Å². The number of halogens is 6. The van der Waals surface area contributed by atoms with Gasteiger partial charge in [0.25, 0.3) is 0 Å². The van der Waals surface area contributed by atoms with Crippen LogP contribution in [-0.2, 0) is 21.3 Å². The van der Waals surface area contributed by atoms with Gasteiger partial charge in [-0.1, -0.05) is 18.2 Å². The number of benzene rings is 1. The first kappa shape index (κ1) is 21.0. The van der Waals surface area contributed by atoms with Crippen LogP contribution >= 0.6 is 0 Å². The van der Waals surface area contributed by atoms with Crippen molar-refractivity contribution >= 4 is 27.0 Å². The molecule has 0 saturated carbocycles. The third kappa shape index (κ3) is 4.64. The predicted octanol–water partition coefficient (Wildman–Crippen LogP) is 2.13. The van der Waals surface area contributed by atoms with Crippen molar-refractivity contribution in [3.63, 3.8) is 0 Å². The minimum atomic E-state index is -5.97. The number of para-hydroxylation sites is 1. The van der Waals surface area contributed by atoms with Gasteiger partial charge in [-0.15, -0.1) is 0 Å². The molecule has 1 rings (SSSR count). The molecule has 0 aromatic heterocycles. The molecule has 0 aliphatic heterocycles. The summed E-state index contributed by atoms with van der Waals surface area (Å²) in [6, 6.07) is 5.68. The molecule has 118 valence electrons. The van der Waals surface area contributed by atoms with Gasteiger partial charge in [0.05, 0.1) is 17.0 Å². The van der Waals surface area contributed by atoms with E-state index in [0.29, 0.717) is 0 Å². The fraction of sp³-hybridized carbons (Fsp3) is 0.143. The van der Waals surface area contributed by atoms with Crippen molar-refractivity contribution in [3.05, 3.63) is 30.3 Å². The van der Waals surface area contributed by atoms with Crippen LogP contribution in [-0.4, -0.2) is 22.7 Å². The molecule has 0 saturated heterocycles. The van der Waals surface area contributed by atoms with Gasteiger partial charge in [-0.3, -0.25) is 8.91 Å². The molecule has 1 atom stereocenters. The first-order valence-electron chi connectivity index (χ1n) is 4.08. The highest BCUT2D eigenvalue weighted by molar-refractivity contribution is 8.06. The summed E-state index contributed by atoms with van der Waals surface area (Å²) in [6.45, 7) is 0. The van der Waals surface area contributed by atoms with Crippen LogP contribution in [0, 0.1) is 0 Å². The molecule has 1 unspecified atom stereocenters. The summed E-state index contributed by atoms with van der Waals surface area (Å²) >= 11 is -3.59. The molecule has 20 heavy (non-hydrogen) atoms. The average molecular weight is 346 g/mol. The lowest BCUT2D eigenvalue weighted by atomic mass is 10.3. The van der Waals surface area contributed by atoms with E-state index in [1.54, 1.807) is 0 Å². The van der Waals surface area contributed by atoms with Crippen LogP contribution in [0.3, 0.4) is 0 Å². The molecule has 1 aromatic rings. The topological polar surface area (TPSA) is 77.5 Å². The van der Waals surface area contributed by atoms with Crippen LogP contribution in [0.2, 0.25) is 0 Å². The molecular weight excluding hydrogens is 340 g/mol. The second-order valence-electron chi connectivity index (χ2n) is 2.73. The Morgan fingerprint density at radius 1 is 1.10 bits per heavy atom. The SMILES string of the molecule is F.FF.O=S([O-])N(c1ccccc1)S(=O)(=O)C(F)(F)F. The van der Waals surface area contributed by atoms with E-state index in [2.05, 4.69) is 0 Å². The third-order valence-electron chi connectivity index (χ3n) is 1.61. The fourth-order valence-corrected chi connectivity index (χ4v) is 2.72. The summed E-state index contributed by atoms with van der Waals surface area (Å²) in [7, 11) is -5.97. The second-order valence-corrected chi connectivity index (χ2v) is 5.54. The number of alkyl halides is 3. The van der Waals surface area contributed by atoms with Crippen LogP contribution in [0.15, 0.2) is 30.3 Å². The van der Waals surface area contributed by atoms with Crippen LogP contribution < -0.4 is 3.71 Å². The summed E-state index contributed by atoms with van der Waals surface area (Å²) in [5, 5.41) is 0. The van der Waals surface area contributed by atoms with E-state index in [0.717, 1.165) is 12.1 Å². The molecule has 0 aliphatic carbocycles. The van der Waals surface area contributed by atoms with Crippen LogP contribution in [0.25, 0.3) is 0 Å². The number of hydrogen-bond donors (Lipinski definition) is 0. The van der Waals surface area contributed by atoms with Crippen molar-refractivity contribution in [2.24, 2.45) is 0 Å². The first-order chi connectivity index (χ1) is 8.68. The van der Waals surface area contributed by atoms with E-state index in [1.807, 2.05) is 0 Å². The van der Waals surface area contributed by atoms with E-state index in [-0.39, 0.29) is 4.70 Å². The Labute approximate surface area is 111 Å². The highest BCUT2D eigenvalue weighted by Gasteiger charge is 2.51. The molecule has 0 bridgehead atoms. The number of sulfonamides is 1. The number of rotatable bonds is 3. The Kier molecular flexibility index (Phi) is 8.45. The second kappa shape index (κ2) is 8.06. The van der Waals surface area contributed by atoms with Crippen LogP contribution in [0.4, 0.5) is 32.7 Å². The Balaban J connectivity index is 0. The number of nitrogens with zero attached hydrogens (tertiary/aromatic N) is 1. The Bertz CT molecular complexity index is 520. The van der Waals surface area contributed by atoms with Crippen molar-refractivity contribution in [2.45, 2.75) is 5.51 Å². The molecule has 13 heteroatoms. The zero-order chi connectivity index (χ0) is 15.3. The molecule has 1 aromatic carbocycles.